The number of para-hydroxylation sites is 1. The summed E-state index contributed by atoms with van der Waals surface area (Å²) in [7, 11) is 0. The Bertz CT molecular complexity index is 3560. The minimum atomic E-state index is 0.607. The van der Waals surface area contributed by atoms with Gasteiger partial charge in [0.25, 0.3) is 0 Å². The van der Waals surface area contributed by atoms with Crippen molar-refractivity contribution < 1.29 is 0 Å². The fraction of sp³-hybridized carbons (Fsp3) is 0. The first-order valence-corrected chi connectivity index (χ1v) is 20.7. The molecular weight excluding hydrogens is 741 g/mol. The summed E-state index contributed by atoms with van der Waals surface area (Å²) >= 11 is 0. The molecular formula is C57H36N4. The van der Waals surface area contributed by atoms with Crippen molar-refractivity contribution in [2.24, 2.45) is 0 Å². The molecule has 0 spiro atoms. The summed E-state index contributed by atoms with van der Waals surface area (Å²) in [5.74, 6) is 1.85. The van der Waals surface area contributed by atoms with E-state index in [0.717, 1.165) is 49.9 Å². The van der Waals surface area contributed by atoms with Gasteiger partial charge in [0.1, 0.15) is 0 Å². The zero-order valence-electron chi connectivity index (χ0n) is 33.1. The van der Waals surface area contributed by atoms with Crippen molar-refractivity contribution in [1.29, 1.82) is 0 Å². The molecule has 0 saturated heterocycles. The van der Waals surface area contributed by atoms with Gasteiger partial charge in [0.15, 0.2) is 17.5 Å². The second-order valence-corrected chi connectivity index (χ2v) is 15.5. The molecule has 0 aliphatic heterocycles. The van der Waals surface area contributed by atoms with E-state index in [1.54, 1.807) is 0 Å². The quantitative estimate of drug-likeness (QED) is 0.158. The van der Waals surface area contributed by atoms with Gasteiger partial charge in [-0.1, -0.05) is 188 Å². The third kappa shape index (κ3) is 5.80. The Morgan fingerprint density at radius 3 is 1.25 bits per heavy atom. The number of rotatable bonds is 6. The molecule has 0 unspecified atom stereocenters. The average molecular weight is 777 g/mol. The molecule has 10 aromatic carbocycles. The second-order valence-electron chi connectivity index (χ2n) is 15.5. The maximum absolute atomic E-state index is 5.37. The van der Waals surface area contributed by atoms with Crippen molar-refractivity contribution in [3.8, 4) is 62.1 Å². The van der Waals surface area contributed by atoms with E-state index in [-0.39, 0.29) is 0 Å². The monoisotopic (exact) mass is 776 g/mol. The van der Waals surface area contributed by atoms with Crippen LogP contribution in [0.25, 0.3) is 116 Å². The molecule has 0 saturated carbocycles. The predicted molar refractivity (Wildman–Crippen MR) is 254 cm³/mol. The molecule has 0 aliphatic carbocycles. The third-order valence-corrected chi connectivity index (χ3v) is 12.0. The van der Waals surface area contributed by atoms with Gasteiger partial charge < -0.3 is 4.57 Å². The van der Waals surface area contributed by atoms with Crippen LogP contribution < -0.4 is 0 Å². The molecule has 0 radical (unpaired) electrons. The van der Waals surface area contributed by atoms with Gasteiger partial charge in [0.2, 0.25) is 0 Å². The van der Waals surface area contributed by atoms with Crippen LogP contribution in [-0.2, 0) is 0 Å². The number of fused-ring (bicyclic) bond motifs is 9. The van der Waals surface area contributed by atoms with Crippen molar-refractivity contribution in [3.05, 3.63) is 218 Å². The largest absolute Gasteiger partial charge is 0.308 e. The molecule has 4 heteroatoms. The maximum atomic E-state index is 5.37. The van der Waals surface area contributed by atoms with Crippen LogP contribution in [0.5, 0.6) is 0 Å². The lowest BCUT2D eigenvalue weighted by Gasteiger charge is -2.19. The van der Waals surface area contributed by atoms with E-state index >= 15 is 0 Å². The highest BCUT2D eigenvalue weighted by Crippen LogP contribution is 2.45. The number of nitrogens with zero attached hydrogens (tertiary/aromatic N) is 4. The van der Waals surface area contributed by atoms with Gasteiger partial charge in [0, 0.05) is 27.5 Å². The summed E-state index contributed by atoms with van der Waals surface area (Å²) in [6.45, 7) is 0. The van der Waals surface area contributed by atoms with Crippen molar-refractivity contribution in [3.63, 3.8) is 0 Å². The Morgan fingerprint density at radius 2 is 0.689 bits per heavy atom. The van der Waals surface area contributed by atoms with Gasteiger partial charge in [-0.3, -0.25) is 0 Å². The summed E-state index contributed by atoms with van der Waals surface area (Å²) in [6.07, 6.45) is 0. The number of aromatic nitrogens is 4. The van der Waals surface area contributed by atoms with Crippen LogP contribution in [0.2, 0.25) is 0 Å². The van der Waals surface area contributed by atoms with Gasteiger partial charge in [-0.25, -0.2) is 15.0 Å². The van der Waals surface area contributed by atoms with Gasteiger partial charge in [-0.15, -0.1) is 0 Å². The first kappa shape index (κ1) is 34.8. The predicted octanol–water partition coefficient (Wildman–Crippen LogP) is 14.8. The van der Waals surface area contributed by atoms with Crippen molar-refractivity contribution in [1.82, 2.24) is 19.5 Å². The minimum absolute atomic E-state index is 0.607. The molecule has 2 heterocycles. The number of benzene rings is 10. The normalized spacial score (nSPS) is 11.6. The smallest absolute Gasteiger partial charge is 0.166 e. The minimum Gasteiger partial charge on any atom is -0.308 e. The lowest BCUT2D eigenvalue weighted by atomic mass is 9.92. The van der Waals surface area contributed by atoms with E-state index in [2.05, 4.69) is 187 Å². The van der Waals surface area contributed by atoms with Crippen LogP contribution in [0.4, 0.5) is 0 Å². The number of hydrogen-bond donors (Lipinski definition) is 0. The first-order chi connectivity index (χ1) is 30.3. The van der Waals surface area contributed by atoms with Crippen molar-refractivity contribution in [2.45, 2.75) is 0 Å². The summed E-state index contributed by atoms with van der Waals surface area (Å²) in [4.78, 5) is 15.9. The lowest BCUT2D eigenvalue weighted by molar-refractivity contribution is 1.07. The SMILES string of the molecule is c1ccc(-c2cc(-c3ccccc3)c3c4ccccc4n(-c4cc5c6ccccc6c6ccccc6c5cc4-c4nc(-c5ccccc5)nc(-c5ccccc5)n4)c3c2)cc1. The molecule has 0 aliphatic rings. The molecule has 61 heavy (non-hydrogen) atoms. The fourth-order valence-electron chi connectivity index (χ4n) is 9.23. The zero-order chi connectivity index (χ0) is 40.3. The lowest BCUT2D eigenvalue weighted by Crippen LogP contribution is -2.04. The number of hydrogen-bond acceptors (Lipinski definition) is 3. The van der Waals surface area contributed by atoms with E-state index in [1.165, 1.54) is 48.8 Å². The van der Waals surface area contributed by atoms with Gasteiger partial charge >= 0.3 is 0 Å². The Morgan fingerprint density at radius 1 is 0.262 bits per heavy atom. The summed E-state index contributed by atoms with van der Waals surface area (Å²) in [5, 5.41) is 9.51. The molecule has 12 aromatic rings. The first-order valence-electron chi connectivity index (χ1n) is 20.7. The van der Waals surface area contributed by atoms with Crippen LogP contribution in [0.1, 0.15) is 0 Å². The highest BCUT2D eigenvalue weighted by Gasteiger charge is 2.24. The zero-order valence-corrected chi connectivity index (χ0v) is 33.1. The van der Waals surface area contributed by atoms with E-state index in [1.807, 2.05) is 36.4 Å². The fourth-order valence-corrected chi connectivity index (χ4v) is 9.23. The molecule has 0 amide bonds. The Kier molecular flexibility index (Phi) is 8.13. The van der Waals surface area contributed by atoms with Gasteiger partial charge in [-0.2, -0.15) is 0 Å². The van der Waals surface area contributed by atoms with Gasteiger partial charge in [0.05, 0.1) is 16.7 Å². The highest BCUT2D eigenvalue weighted by molar-refractivity contribution is 6.26. The molecule has 284 valence electrons. The Balaban J connectivity index is 1.27. The van der Waals surface area contributed by atoms with E-state index < -0.39 is 0 Å². The maximum Gasteiger partial charge on any atom is 0.166 e. The molecule has 4 nitrogen and oxygen atoms in total. The second kappa shape index (κ2) is 14.3. The van der Waals surface area contributed by atoms with E-state index in [9.17, 15) is 0 Å². The topological polar surface area (TPSA) is 43.6 Å². The molecule has 2 aromatic heterocycles. The third-order valence-electron chi connectivity index (χ3n) is 12.0. The van der Waals surface area contributed by atoms with Crippen molar-refractivity contribution in [2.75, 3.05) is 0 Å². The Labute approximate surface area is 352 Å². The van der Waals surface area contributed by atoms with E-state index in [4.69, 9.17) is 15.0 Å². The molecule has 0 fully saturated rings. The van der Waals surface area contributed by atoms with Crippen LogP contribution in [0, 0.1) is 0 Å². The van der Waals surface area contributed by atoms with Crippen LogP contribution in [0.15, 0.2) is 218 Å². The van der Waals surface area contributed by atoms with Crippen LogP contribution in [0.3, 0.4) is 0 Å². The molecule has 0 atom stereocenters. The Hall–Kier alpha value is -8.21. The van der Waals surface area contributed by atoms with Crippen LogP contribution in [-0.4, -0.2) is 19.5 Å². The summed E-state index contributed by atoms with van der Waals surface area (Å²) < 4.78 is 2.45. The van der Waals surface area contributed by atoms with Crippen LogP contribution >= 0.6 is 0 Å². The summed E-state index contributed by atoms with van der Waals surface area (Å²) in [6, 6.07) is 77.7. The van der Waals surface area contributed by atoms with Crippen molar-refractivity contribution >= 4 is 54.1 Å². The molecule has 12 rings (SSSR count). The standard InChI is InChI=1S/C57H36N4/c1-5-19-37(20-6-1)41-33-47(38-21-7-2-8-22-38)54-46-31-17-18-32-51(46)61(53(54)34-41)52-36-49-45-30-16-14-28-43(45)42-27-13-15-29-44(42)48(49)35-50(52)57-59-55(39-23-9-3-10-24-39)58-56(60-57)40-25-11-4-12-26-40/h1-36H. The summed E-state index contributed by atoms with van der Waals surface area (Å²) in [5.41, 5.74) is 10.6. The molecule has 0 bridgehead atoms. The van der Waals surface area contributed by atoms with Gasteiger partial charge in [-0.05, 0) is 84.9 Å². The van der Waals surface area contributed by atoms with E-state index in [0.29, 0.717) is 17.5 Å². The highest BCUT2D eigenvalue weighted by atomic mass is 15.1. The average Bonchev–Trinajstić information content (AvgIpc) is 3.68. The molecule has 0 N–H and O–H groups in total.